The first-order valence-corrected chi connectivity index (χ1v) is 13.4. The largest absolute Gasteiger partial charge is 0.460 e. The zero-order valence-corrected chi connectivity index (χ0v) is 26.7. The van der Waals surface area contributed by atoms with E-state index in [9.17, 15) is 171 Å². The van der Waals surface area contributed by atoms with Gasteiger partial charge < -0.3 is 0 Å². The van der Waals surface area contributed by atoms with Gasteiger partial charge in [0.25, 0.3) is 0 Å². The van der Waals surface area contributed by atoms with Crippen LogP contribution in [0.3, 0.4) is 0 Å². The molecule has 0 spiro atoms. The van der Waals surface area contributed by atoms with Crippen LogP contribution < -0.4 is 0 Å². The average molecular weight is 1010 g/mol. The van der Waals surface area contributed by atoms with Crippen LogP contribution in [-0.2, 0) is 0 Å². The Morgan fingerprint density at radius 1 is 0.180 bits per heavy atom. The highest BCUT2D eigenvalue weighted by Crippen LogP contribution is 2.71. The Morgan fingerprint density at radius 2 is 0.295 bits per heavy atom. The van der Waals surface area contributed by atoms with Gasteiger partial charge in [-0.2, -0.15) is 171 Å². The molecule has 0 atom stereocenters. The summed E-state index contributed by atoms with van der Waals surface area (Å²) in [5.41, 5.74) is 0. The summed E-state index contributed by atoms with van der Waals surface area (Å²) < 4.78 is 530. The molecule has 0 heterocycles. The van der Waals surface area contributed by atoms with Gasteiger partial charge >= 0.3 is 113 Å². The van der Waals surface area contributed by atoms with Crippen molar-refractivity contribution in [2.24, 2.45) is 0 Å². The molecular formula is C22H7F39. The van der Waals surface area contributed by atoms with Crippen molar-refractivity contribution in [1.29, 1.82) is 0 Å². The van der Waals surface area contributed by atoms with Crippen molar-refractivity contribution in [3.8, 4) is 0 Å². The maximum absolute atomic E-state index is 14.0. The fraction of sp³-hybridized carbons (Fsp3) is 1.00. The maximum Gasteiger partial charge on any atom is 0.460 e. The summed E-state index contributed by atoms with van der Waals surface area (Å²) in [4.78, 5) is 0. The van der Waals surface area contributed by atoms with Crippen LogP contribution in [0.25, 0.3) is 0 Å². The minimum atomic E-state index is -10.5. The molecule has 0 aliphatic heterocycles. The van der Waals surface area contributed by atoms with E-state index in [1.807, 2.05) is 0 Å². The van der Waals surface area contributed by atoms with Gasteiger partial charge in [0, 0.05) is 6.42 Å². The Bertz CT molecular complexity index is 1570. The van der Waals surface area contributed by atoms with Crippen LogP contribution in [0, 0.1) is 0 Å². The smallest absolute Gasteiger partial charge is 0.200 e. The van der Waals surface area contributed by atoms with Gasteiger partial charge in [-0.15, -0.1) is 0 Å². The molecule has 0 radical (unpaired) electrons. The quantitative estimate of drug-likeness (QED) is 0.113. The van der Waals surface area contributed by atoms with Gasteiger partial charge in [0.1, 0.15) is 0 Å². The zero-order valence-electron chi connectivity index (χ0n) is 26.7. The van der Waals surface area contributed by atoms with Gasteiger partial charge in [-0.05, 0) is 0 Å². The van der Waals surface area contributed by atoms with Crippen molar-refractivity contribution in [3.63, 3.8) is 0 Å². The molecule has 368 valence electrons. The molecule has 0 nitrogen and oxygen atoms in total. The molecule has 0 aliphatic rings. The van der Waals surface area contributed by atoms with E-state index in [2.05, 4.69) is 0 Å². The molecule has 0 fully saturated rings. The summed E-state index contributed by atoms with van der Waals surface area (Å²) in [5.74, 6) is -176. The number of rotatable bonds is 19. The van der Waals surface area contributed by atoms with E-state index in [1.54, 1.807) is 0 Å². The second-order valence-corrected chi connectivity index (χ2v) is 11.7. The van der Waals surface area contributed by atoms with Crippen LogP contribution in [0.2, 0.25) is 0 Å². The summed E-state index contributed by atoms with van der Waals surface area (Å²) in [5, 5.41) is 0. The molecule has 0 rings (SSSR count). The molecule has 0 aliphatic carbocycles. The molecule has 0 unspecified atom stereocenters. The molecular weight excluding hydrogens is 1010 g/mol. The third-order valence-electron chi connectivity index (χ3n) is 7.69. The minimum Gasteiger partial charge on any atom is -0.200 e. The molecule has 61 heavy (non-hydrogen) atoms. The fourth-order valence-corrected chi connectivity index (χ4v) is 3.84. The molecule has 39 heteroatoms. The van der Waals surface area contributed by atoms with Crippen LogP contribution in [0.4, 0.5) is 171 Å². The van der Waals surface area contributed by atoms with Crippen molar-refractivity contribution in [3.05, 3.63) is 0 Å². The number of alkyl halides is 39. The number of halogens is 39. The normalized spacial score (nSPS) is 17.3. The van der Waals surface area contributed by atoms with Crippen molar-refractivity contribution in [1.82, 2.24) is 0 Å². The maximum atomic E-state index is 14.0. The van der Waals surface area contributed by atoms with Crippen molar-refractivity contribution in [2.45, 2.75) is 133 Å². The highest BCUT2D eigenvalue weighted by atomic mass is 19.4. The molecule has 0 saturated heterocycles. The summed E-state index contributed by atoms with van der Waals surface area (Å²) in [6.07, 6.45) is -13.1. The lowest BCUT2D eigenvalue weighted by Gasteiger charge is -2.47. The van der Waals surface area contributed by atoms with Crippen molar-refractivity contribution in [2.75, 3.05) is 0 Å². The second-order valence-electron chi connectivity index (χ2n) is 11.7. The molecule has 0 bridgehead atoms. The zero-order chi connectivity index (χ0) is 50.9. The monoisotopic (exact) mass is 1010 g/mol. The Hall–Kier alpha value is -2.73. The first-order chi connectivity index (χ1) is 25.6. The second kappa shape index (κ2) is 14.1. The van der Waals surface area contributed by atoms with Crippen molar-refractivity contribution >= 4 is 0 Å². The fourth-order valence-electron chi connectivity index (χ4n) is 3.84. The van der Waals surface area contributed by atoms with E-state index in [0.29, 0.717) is 0 Å². The van der Waals surface area contributed by atoms with E-state index < -0.39 is 126 Å². The first-order valence-electron chi connectivity index (χ1n) is 13.4. The van der Waals surface area contributed by atoms with Gasteiger partial charge in [0.2, 0.25) is 0 Å². The SMILES string of the molecule is CCCC(F)(F)C(F)(F)C(F)(F)C(F)(F)C(F)(F)C(F)(F)C(F)(F)C(F)(F)C(F)(F)C(F)(F)C(F)(F)C(F)(F)C(F)(F)C(F)(F)C(F)(F)C(F)(F)C(F)(F)C(F)(F)C(F)(F)F. The molecule has 0 aromatic carbocycles. The van der Waals surface area contributed by atoms with E-state index in [-0.39, 0.29) is 6.92 Å². The van der Waals surface area contributed by atoms with Gasteiger partial charge in [0.05, 0.1) is 0 Å². The Balaban J connectivity index is 7.92. The predicted molar refractivity (Wildman–Crippen MR) is 110 cm³/mol. The standard InChI is InChI=1S/C22H7F39/c1-2-3-4(23,24)5(25,26)6(27,28)7(29,30)8(31,32)9(33,34)10(35,36)11(37,38)12(39,40)13(41,42)14(43,44)15(45,46)16(47,48)17(49,50)18(51,52)19(53,54)20(55,56)21(57,58)22(59,60)61/h2-3H2,1H3. The van der Waals surface area contributed by atoms with Crippen LogP contribution in [0.15, 0.2) is 0 Å². The Kier molecular flexibility index (Phi) is 13.5. The van der Waals surface area contributed by atoms with Crippen LogP contribution in [0.5, 0.6) is 0 Å². The molecule has 0 N–H and O–H groups in total. The van der Waals surface area contributed by atoms with E-state index in [4.69, 9.17) is 0 Å². The van der Waals surface area contributed by atoms with E-state index >= 15 is 0 Å². The molecule has 0 amide bonds. The first kappa shape index (κ1) is 58.3. The molecule has 0 saturated carbocycles. The molecule has 0 aromatic rings. The third-order valence-corrected chi connectivity index (χ3v) is 7.69. The lowest BCUT2D eigenvalue weighted by Crippen LogP contribution is -2.80. The Labute approximate surface area is 305 Å². The van der Waals surface area contributed by atoms with E-state index in [1.165, 1.54) is 0 Å². The van der Waals surface area contributed by atoms with Crippen molar-refractivity contribution < 1.29 is 171 Å². The van der Waals surface area contributed by atoms with Gasteiger partial charge in [-0.3, -0.25) is 0 Å². The number of hydrogen-bond donors (Lipinski definition) is 0. The third kappa shape index (κ3) is 6.56. The number of hydrogen-bond acceptors (Lipinski definition) is 0. The predicted octanol–water partition coefficient (Wildman–Crippen LogP) is 13.8. The topological polar surface area (TPSA) is 0 Å². The van der Waals surface area contributed by atoms with Gasteiger partial charge in [-0.1, -0.05) is 13.3 Å². The summed E-state index contributed by atoms with van der Waals surface area (Å²) in [7, 11) is 0. The lowest BCUT2D eigenvalue weighted by molar-refractivity contribution is -0.494. The van der Waals surface area contributed by atoms with Crippen LogP contribution in [0.1, 0.15) is 19.8 Å². The van der Waals surface area contributed by atoms with Crippen LogP contribution >= 0.6 is 0 Å². The van der Waals surface area contributed by atoms with Gasteiger partial charge in [0.15, 0.2) is 0 Å². The summed E-state index contributed by atoms with van der Waals surface area (Å²) in [6.45, 7) is 0.203. The van der Waals surface area contributed by atoms with Crippen LogP contribution in [-0.4, -0.2) is 113 Å². The highest BCUT2D eigenvalue weighted by molar-refractivity contribution is 5.23. The summed E-state index contributed by atoms with van der Waals surface area (Å²) >= 11 is 0. The molecule has 0 aromatic heterocycles. The minimum absolute atomic E-state index is 0.203. The Morgan fingerprint density at radius 3 is 0.410 bits per heavy atom. The van der Waals surface area contributed by atoms with E-state index in [0.717, 1.165) is 0 Å². The average Bonchev–Trinajstić information content (AvgIpc) is 3.02. The van der Waals surface area contributed by atoms with Gasteiger partial charge in [-0.25, -0.2) is 0 Å². The summed E-state index contributed by atoms with van der Waals surface area (Å²) in [6, 6.07) is 0. The highest BCUT2D eigenvalue weighted by Gasteiger charge is 3.03. The lowest BCUT2D eigenvalue weighted by atomic mass is 9.82.